The maximum atomic E-state index is 11.2. The summed E-state index contributed by atoms with van der Waals surface area (Å²) in [6, 6.07) is 5.02. The van der Waals surface area contributed by atoms with E-state index < -0.39 is 16.1 Å². The fraction of sp³-hybridized carbons (Fsp3) is 0. The Morgan fingerprint density at radius 1 is 1.30 bits per heavy atom. The summed E-state index contributed by atoms with van der Waals surface area (Å²) in [5, 5.41) is 20.5. The number of hydrogen-bond donors (Lipinski definition) is 1. The van der Waals surface area contributed by atoms with Gasteiger partial charge in [-0.1, -0.05) is 11.6 Å². The highest BCUT2D eigenvalue weighted by Gasteiger charge is 2.09. The largest absolute Gasteiger partial charge is 0.502 e. The number of nitro benzene ring substituents is 1. The molecule has 2 rings (SSSR count). The van der Waals surface area contributed by atoms with Gasteiger partial charge in [0, 0.05) is 23.2 Å². The van der Waals surface area contributed by atoms with Crippen LogP contribution < -0.4 is 5.43 Å². The molecule has 1 aromatic heterocycles. The third-order valence-corrected chi connectivity index (χ3v) is 2.83. The van der Waals surface area contributed by atoms with Crippen molar-refractivity contribution in [1.82, 2.24) is 0 Å². The average molecular weight is 294 g/mol. The lowest BCUT2D eigenvalue weighted by molar-refractivity contribution is -0.384. The molecular formula is C13H8ClNO5. The number of nitrogens with zero attached hydrogens (tertiary/aromatic N) is 1. The highest BCUT2D eigenvalue weighted by atomic mass is 35.5. The van der Waals surface area contributed by atoms with Crippen LogP contribution in [0.15, 0.2) is 39.7 Å². The van der Waals surface area contributed by atoms with Crippen LogP contribution >= 0.6 is 11.6 Å². The first-order chi connectivity index (χ1) is 9.49. The molecular weight excluding hydrogens is 286 g/mol. The Labute approximate surface area is 117 Å². The van der Waals surface area contributed by atoms with Crippen molar-refractivity contribution in [2.45, 2.75) is 0 Å². The second kappa shape index (κ2) is 5.58. The zero-order valence-electron chi connectivity index (χ0n) is 9.95. The molecule has 0 bridgehead atoms. The molecule has 0 aliphatic heterocycles. The molecule has 1 aromatic carbocycles. The van der Waals surface area contributed by atoms with Gasteiger partial charge in [0.2, 0.25) is 11.2 Å². The maximum absolute atomic E-state index is 11.2. The lowest BCUT2D eigenvalue weighted by atomic mass is 10.1. The number of nitro groups is 1. The van der Waals surface area contributed by atoms with Crippen LogP contribution in [-0.2, 0) is 0 Å². The summed E-state index contributed by atoms with van der Waals surface area (Å²) in [7, 11) is 0. The first-order valence-corrected chi connectivity index (χ1v) is 5.79. The molecule has 0 spiro atoms. The number of aromatic hydroxyl groups is 1. The van der Waals surface area contributed by atoms with Crippen LogP contribution in [0, 0.1) is 10.1 Å². The summed E-state index contributed by atoms with van der Waals surface area (Å²) < 4.78 is 4.96. The van der Waals surface area contributed by atoms with Gasteiger partial charge in [0.15, 0.2) is 5.76 Å². The lowest BCUT2D eigenvalue weighted by Gasteiger charge is -1.99. The molecule has 0 aliphatic rings. The molecule has 7 heteroatoms. The number of hydrogen-bond acceptors (Lipinski definition) is 5. The molecule has 0 aliphatic carbocycles. The Morgan fingerprint density at radius 2 is 2.05 bits per heavy atom. The molecule has 102 valence electrons. The summed E-state index contributed by atoms with van der Waals surface area (Å²) in [5.74, 6) is -0.592. The van der Waals surface area contributed by atoms with Gasteiger partial charge in [-0.15, -0.1) is 0 Å². The fourth-order valence-electron chi connectivity index (χ4n) is 1.48. The predicted octanol–water partition coefficient (Wildman–Crippen LogP) is 3.08. The molecule has 0 saturated carbocycles. The number of non-ortho nitro benzene ring substituents is 1. The number of benzene rings is 1. The van der Waals surface area contributed by atoms with Gasteiger partial charge in [-0.3, -0.25) is 14.9 Å². The number of halogens is 1. The first-order valence-electron chi connectivity index (χ1n) is 5.42. The third-order valence-electron chi connectivity index (χ3n) is 2.49. The van der Waals surface area contributed by atoms with Gasteiger partial charge < -0.3 is 9.52 Å². The van der Waals surface area contributed by atoms with Crippen molar-refractivity contribution in [1.29, 1.82) is 0 Å². The number of rotatable bonds is 3. The van der Waals surface area contributed by atoms with E-state index in [1.165, 1.54) is 30.4 Å². The molecule has 0 atom stereocenters. The first kappa shape index (κ1) is 13.8. The van der Waals surface area contributed by atoms with E-state index in [1.807, 2.05) is 0 Å². The second-order valence-corrected chi connectivity index (χ2v) is 4.20. The zero-order chi connectivity index (χ0) is 14.7. The van der Waals surface area contributed by atoms with Gasteiger partial charge in [-0.25, -0.2) is 0 Å². The second-order valence-electron chi connectivity index (χ2n) is 3.79. The van der Waals surface area contributed by atoms with E-state index in [-0.39, 0.29) is 11.4 Å². The topological polar surface area (TPSA) is 93.6 Å². The van der Waals surface area contributed by atoms with Gasteiger partial charge in [0.05, 0.1) is 11.2 Å². The van der Waals surface area contributed by atoms with E-state index in [0.29, 0.717) is 10.6 Å². The van der Waals surface area contributed by atoms with E-state index in [0.717, 1.165) is 12.3 Å². The molecule has 20 heavy (non-hydrogen) atoms. The highest BCUT2D eigenvalue weighted by molar-refractivity contribution is 6.32. The van der Waals surface area contributed by atoms with Crippen molar-refractivity contribution in [3.63, 3.8) is 0 Å². The monoisotopic (exact) mass is 293 g/mol. The van der Waals surface area contributed by atoms with Crippen molar-refractivity contribution in [2.24, 2.45) is 0 Å². The van der Waals surface area contributed by atoms with Gasteiger partial charge >= 0.3 is 0 Å². The Kier molecular flexibility index (Phi) is 3.86. The summed E-state index contributed by atoms with van der Waals surface area (Å²) in [6.45, 7) is 0. The Hall–Kier alpha value is -2.60. The SMILES string of the molecule is O=c1ccoc(/C=C/c2cc([N+](=O)[O-])ccc2Cl)c1O. The molecule has 0 amide bonds. The molecule has 0 fully saturated rings. The smallest absolute Gasteiger partial charge is 0.270 e. The predicted molar refractivity (Wildman–Crippen MR) is 73.7 cm³/mol. The summed E-state index contributed by atoms with van der Waals surface area (Å²) in [5.41, 5.74) is -0.333. The minimum Gasteiger partial charge on any atom is -0.502 e. The van der Waals surface area contributed by atoms with Gasteiger partial charge in [-0.05, 0) is 23.8 Å². The molecule has 6 nitrogen and oxygen atoms in total. The van der Waals surface area contributed by atoms with Crippen LogP contribution in [0.1, 0.15) is 11.3 Å². The van der Waals surface area contributed by atoms with Crippen molar-refractivity contribution < 1.29 is 14.4 Å². The van der Waals surface area contributed by atoms with Crippen molar-refractivity contribution in [3.05, 3.63) is 67.2 Å². The third kappa shape index (κ3) is 2.86. The van der Waals surface area contributed by atoms with E-state index in [2.05, 4.69) is 0 Å². The molecule has 1 heterocycles. The molecule has 0 unspecified atom stereocenters. The molecule has 0 radical (unpaired) electrons. The van der Waals surface area contributed by atoms with Crippen LogP contribution in [0.5, 0.6) is 5.75 Å². The fourth-order valence-corrected chi connectivity index (χ4v) is 1.66. The van der Waals surface area contributed by atoms with Crippen LogP contribution in [0.3, 0.4) is 0 Å². The van der Waals surface area contributed by atoms with E-state index in [4.69, 9.17) is 16.0 Å². The highest BCUT2D eigenvalue weighted by Crippen LogP contribution is 2.24. The van der Waals surface area contributed by atoms with Crippen LogP contribution in [0.2, 0.25) is 5.02 Å². The molecule has 0 saturated heterocycles. The minimum atomic E-state index is -0.582. The van der Waals surface area contributed by atoms with Crippen LogP contribution in [0.25, 0.3) is 12.2 Å². The summed E-state index contributed by atoms with van der Waals surface area (Å²) in [4.78, 5) is 21.3. The van der Waals surface area contributed by atoms with Crippen LogP contribution in [-0.4, -0.2) is 10.0 Å². The Morgan fingerprint density at radius 3 is 2.75 bits per heavy atom. The molecule has 2 aromatic rings. The van der Waals surface area contributed by atoms with Crippen molar-refractivity contribution in [3.8, 4) is 5.75 Å². The van der Waals surface area contributed by atoms with E-state index in [1.54, 1.807) is 0 Å². The lowest BCUT2D eigenvalue weighted by Crippen LogP contribution is -1.97. The zero-order valence-corrected chi connectivity index (χ0v) is 10.7. The van der Waals surface area contributed by atoms with Gasteiger partial charge in [-0.2, -0.15) is 0 Å². The minimum absolute atomic E-state index is 0.0555. The molecule has 1 N–H and O–H groups in total. The maximum Gasteiger partial charge on any atom is 0.270 e. The van der Waals surface area contributed by atoms with Gasteiger partial charge in [0.25, 0.3) is 5.69 Å². The van der Waals surface area contributed by atoms with Crippen molar-refractivity contribution in [2.75, 3.05) is 0 Å². The Balaban J connectivity index is 2.41. The summed E-state index contributed by atoms with van der Waals surface area (Å²) in [6.07, 6.45) is 3.85. The Bertz CT molecular complexity index is 751. The van der Waals surface area contributed by atoms with E-state index >= 15 is 0 Å². The summed E-state index contributed by atoms with van der Waals surface area (Å²) >= 11 is 5.91. The van der Waals surface area contributed by atoms with Crippen molar-refractivity contribution >= 4 is 29.4 Å². The average Bonchev–Trinajstić information content (AvgIpc) is 2.41. The normalized spacial score (nSPS) is 10.8. The quantitative estimate of drug-likeness (QED) is 0.693. The van der Waals surface area contributed by atoms with Crippen LogP contribution in [0.4, 0.5) is 5.69 Å². The van der Waals surface area contributed by atoms with Gasteiger partial charge in [0.1, 0.15) is 0 Å². The standard InChI is InChI=1S/C13H8ClNO5/c14-10-3-2-9(15(18)19)7-8(10)1-4-12-13(17)11(16)5-6-20-12/h1-7,17H/b4-1+. The van der Waals surface area contributed by atoms with E-state index in [9.17, 15) is 20.0 Å².